The summed E-state index contributed by atoms with van der Waals surface area (Å²) in [7, 11) is -4.08. The maximum Gasteiger partial charge on any atom is 0.339 e. The van der Waals surface area contributed by atoms with Gasteiger partial charge >= 0.3 is 22.1 Å². The minimum Gasteiger partial charge on any atom is -0.481 e. The first-order valence-electron chi connectivity index (χ1n) is 10.1. The summed E-state index contributed by atoms with van der Waals surface area (Å²) in [5, 5.41) is 13.6. The lowest BCUT2D eigenvalue weighted by Crippen LogP contribution is -2.30. The van der Waals surface area contributed by atoms with E-state index in [4.69, 9.17) is 9.29 Å². The molecule has 0 saturated heterocycles. The number of hydrogen-bond acceptors (Lipinski definition) is 7. The van der Waals surface area contributed by atoms with Crippen molar-refractivity contribution in [2.75, 3.05) is 11.9 Å². The van der Waals surface area contributed by atoms with Gasteiger partial charge in [-0.1, -0.05) is 0 Å². The van der Waals surface area contributed by atoms with Crippen molar-refractivity contribution in [2.24, 2.45) is 0 Å². The summed E-state index contributed by atoms with van der Waals surface area (Å²) in [5.41, 5.74) is 1.68. The SMILES string of the molecule is O=C(O)CCCNC(=O)Nc1nc2ccc(OS(=O)(=O)c3ccc(-n4ccnc4)cc3)cc2[nH]1. The first kappa shape index (κ1) is 22.8. The molecule has 176 valence electrons. The van der Waals surface area contributed by atoms with Crippen LogP contribution in [0.1, 0.15) is 12.8 Å². The largest absolute Gasteiger partial charge is 0.481 e. The van der Waals surface area contributed by atoms with E-state index >= 15 is 0 Å². The van der Waals surface area contributed by atoms with E-state index in [9.17, 15) is 18.0 Å². The van der Waals surface area contributed by atoms with E-state index in [1.54, 1.807) is 41.5 Å². The average Bonchev–Trinajstić information content (AvgIpc) is 3.46. The zero-order valence-corrected chi connectivity index (χ0v) is 18.4. The third-order valence-corrected chi connectivity index (χ3v) is 5.93. The average molecular weight is 484 g/mol. The Balaban J connectivity index is 1.41. The van der Waals surface area contributed by atoms with Gasteiger partial charge in [-0.3, -0.25) is 10.1 Å². The van der Waals surface area contributed by atoms with E-state index in [0.717, 1.165) is 5.69 Å². The van der Waals surface area contributed by atoms with Gasteiger partial charge in [0, 0.05) is 37.1 Å². The molecule has 0 aliphatic rings. The second-order valence-corrected chi connectivity index (χ2v) is 8.69. The van der Waals surface area contributed by atoms with Crippen LogP contribution in [0, 0.1) is 0 Å². The predicted molar refractivity (Wildman–Crippen MR) is 121 cm³/mol. The summed E-state index contributed by atoms with van der Waals surface area (Å²) >= 11 is 0. The number of fused-ring (bicyclic) bond motifs is 1. The number of benzene rings is 2. The topological polar surface area (TPSA) is 168 Å². The highest BCUT2D eigenvalue weighted by Crippen LogP contribution is 2.24. The van der Waals surface area contributed by atoms with E-state index in [1.165, 1.54) is 24.3 Å². The van der Waals surface area contributed by atoms with Crippen LogP contribution in [0.5, 0.6) is 5.75 Å². The highest BCUT2D eigenvalue weighted by atomic mass is 32.2. The molecule has 4 rings (SSSR count). The van der Waals surface area contributed by atoms with Gasteiger partial charge in [0.05, 0.1) is 17.4 Å². The molecule has 0 radical (unpaired) electrons. The number of anilines is 1. The van der Waals surface area contributed by atoms with Crippen LogP contribution in [0.4, 0.5) is 10.7 Å². The molecule has 2 heterocycles. The van der Waals surface area contributed by atoms with Gasteiger partial charge < -0.3 is 24.2 Å². The van der Waals surface area contributed by atoms with Gasteiger partial charge in [0.1, 0.15) is 10.6 Å². The van der Waals surface area contributed by atoms with Crippen LogP contribution in [0.15, 0.2) is 66.1 Å². The molecule has 0 bridgehead atoms. The molecule has 0 spiro atoms. The lowest BCUT2D eigenvalue weighted by molar-refractivity contribution is -0.137. The Morgan fingerprint density at radius 2 is 1.94 bits per heavy atom. The van der Waals surface area contributed by atoms with Crippen molar-refractivity contribution < 1.29 is 27.3 Å². The Morgan fingerprint density at radius 1 is 1.15 bits per heavy atom. The second kappa shape index (κ2) is 9.62. The van der Waals surface area contributed by atoms with Crippen molar-refractivity contribution in [1.29, 1.82) is 0 Å². The van der Waals surface area contributed by atoms with Crippen molar-refractivity contribution in [3.63, 3.8) is 0 Å². The van der Waals surface area contributed by atoms with Crippen LogP contribution in [0.25, 0.3) is 16.7 Å². The molecule has 0 fully saturated rings. The molecule has 0 unspecified atom stereocenters. The number of amides is 2. The maximum absolute atomic E-state index is 12.7. The number of rotatable bonds is 9. The minimum atomic E-state index is -4.08. The summed E-state index contributed by atoms with van der Waals surface area (Å²) in [6, 6.07) is 10.1. The first-order chi connectivity index (χ1) is 16.3. The number of carboxylic acids is 1. The molecule has 4 N–H and O–H groups in total. The number of aromatic nitrogens is 4. The van der Waals surface area contributed by atoms with E-state index in [-0.39, 0.29) is 29.6 Å². The Labute approximate surface area is 193 Å². The summed E-state index contributed by atoms with van der Waals surface area (Å²) in [5.74, 6) is -0.730. The van der Waals surface area contributed by atoms with Crippen LogP contribution in [-0.4, -0.2) is 51.6 Å². The van der Waals surface area contributed by atoms with Crippen LogP contribution in [0.3, 0.4) is 0 Å². The fourth-order valence-corrected chi connectivity index (χ4v) is 3.99. The smallest absolute Gasteiger partial charge is 0.339 e. The number of nitrogens with zero attached hydrogens (tertiary/aromatic N) is 3. The van der Waals surface area contributed by atoms with Crippen molar-refractivity contribution in [3.05, 3.63) is 61.2 Å². The fourth-order valence-electron chi connectivity index (χ4n) is 3.06. The van der Waals surface area contributed by atoms with Gasteiger partial charge in [-0.2, -0.15) is 8.42 Å². The molecule has 13 heteroatoms. The van der Waals surface area contributed by atoms with Gasteiger partial charge in [-0.25, -0.2) is 14.8 Å². The third kappa shape index (κ3) is 5.50. The lowest BCUT2D eigenvalue weighted by atomic mass is 10.3. The number of aromatic amines is 1. The van der Waals surface area contributed by atoms with E-state index in [2.05, 4.69) is 25.6 Å². The number of H-pyrrole nitrogens is 1. The molecule has 2 amide bonds. The predicted octanol–water partition coefficient (Wildman–Crippen LogP) is 2.50. The number of carbonyl (C=O) groups is 2. The quantitative estimate of drug-likeness (QED) is 0.207. The van der Waals surface area contributed by atoms with E-state index < -0.39 is 22.1 Å². The van der Waals surface area contributed by atoms with Crippen LogP contribution in [-0.2, 0) is 14.9 Å². The number of nitrogens with one attached hydrogen (secondary N) is 3. The monoisotopic (exact) mass is 484 g/mol. The van der Waals surface area contributed by atoms with Crippen molar-refractivity contribution in [2.45, 2.75) is 17.7 Å². The summed E-state index contributed by atoms with van der Waals surface area (Å²) in [4.78, 5) is 33.4. The molecule has 2 aromatic heterocycles. The lowest BCUT2D eigenvalue weighted by Gasteiger charge is -2.08. The molecule has 34 heavy (non-hydrogen) atoms. The Hall–Kier alpha value is -4.39. The second-order valence-electron chi connectivity index (χ2n) is 7.14. The third-order valence-electron chi connectivity index (χ3n) is 4.67. The normalized spacial score (nSPS) is 11.3. The van der Waals surface area contributed by atoms with Gasteiger partial charge in [-0.05, 0) is 42.8 Å². The van der Waals surface area contributed by atoms with Crippen molar-refractivity contribution in [3.8, 4) is 11.4 Å². The summed E-state index contributed by atoms with van der Waals surface area (Å²) in [6.07, 6.45) is 5.21. The Kier molecular flexibility index (Phi) is 6.45. The van der Waals surface area contributed by atoms with Crippen LogP contribution >= 0.6 is 0 Å². The Bertz CT molecular complexity index is 1410. The number of aliphatic carboxylic acids is 1. The molecule has 0 aliphatic heterocycles. The maximum atomic E-state index is 12.7. The zero-order chi connectivity index (χ0) is 24.1. The van der Waals surface area contributed by atoms with Crippen LogP contribution < -0.4 is 14.8 Å². The highest BCUT2D eigenvalue weighted by molar-refractivity contribution is 7.87. The standard InChI is InChI=1S/C21H20N6O6S/c28-19(29)2-1-9-23-21(30)26-20-24-17-8-5-15(12-18(17)25-20)33-34(31,32)16-6-3-14(4-7-16)27-11-10-22-13-27/h3-8,10-13H,1-2,9H2,(H,28,29)(H3,23,24,25,26,30). The van der Waals surface area contributed by atoms with Gasteiger partial charge in [0.2, 0.25) is 5.95 Å². The summed E-state index contributed by atoms with van der Waals surface area (Å²) < 4.78 is 32.4. The zero-order valence-electron chi connectivity index (χ0n) is 17.6. The fraction of sp³-hybridized carbons (Fsp3) is 0.143. The number of carbonyl (C=O) groups excluding carboxylic acids is 1. The molecule has 2 aromatic carbocycles. The van der Waals surface area contributed by atoms with Gasteiger partial charge in [0.15, 0.2) is 0 Å². The number of urea groups is 1. The van der Waals surface area contributed by atoms with Crippen LogP contribution in [0.2, 0.25) is 0 Å². The Morgan fingerprint density at radius 3 is 2.65 bits per heavy atom. The number of imidazole rings is 2. The van der Waals surface area contributed by atoms with E-state index in [1.807, 2.05) is 0 Å². The number of carboxylic acid groups (broad SMARTS) is 1. The van der Waals surface area contributed by atoms with E-state index in [0.29, 0.717) is 17.5 Å². The summed E-state index contributed by atoms with van der Waals surface area (Å²) in [6.45, 7) is 0.192. The van der Waals surface area contributed by atoms with Gasteiger partial charge in [0.25, 0.3) is 0 Å². The van der Waals surface area contributed by atoms with Crippen molar-refractivity contribution in [1.82, 2.24) is 24.8 Å². The molecule has 0 atom stereocenters. The first-order valence-corrected chi connectivity index (χ1v) is 11.5. The van der Waals surface area contributed by atoms with Crippen molar-refractivity contribution >= 4 is 39.1 Å². The molecule has 0 aliphatic carbocycles. The molecule has 0 saturated carbocycles. The molecule has 4 aromatic rings. The van der Waals surface area contributed by atoms with Gasteiger partial charge in [-0.15, -0.1) is 0 Å². The molecular weight excluding hydrogens is 464 g/mol. The minimum absolute atomic E-state index is 0.0111. The molecular formula is C21H20N6O6S. The highest BCUT2D eigenvalue weighted by Gasteiger charge is 2.18. The number of hydrogen-bond donors (Lipinski definition) is 4. The molecule has 12 nitrogen and oxygen atoms in total.